The highest BCUT2D eigenvalue weighted by Crippen LogP contribution is 2.33. The van der Waals surface area contributed by atoms with E-state index in [1.165, 1.54) is 12.1 Å². The molecule has 1 amide bonds. The van der Waals surface area contributed by atoms with Gasteiger partial charge in [0.25, 0.3) is 5.91 Å². The van der Waals surface area contributed by atoms with Crippen LogP contribution in [0.3, 0.4) is 0 Å². The number of hydrogen-bond acceptors (Lipinski definition) is 3. The molecule has 0 bridgehead atoms. The minimum absolute atomic E-state index is 0.0347. The van der Waals surface area contributed by atoms with Crippen LogP contribution in [0.25, 0.3) is 0 Å². The van der Waals surface area contributed by atoms with E-state index < -0.39 is 9.84 Å². The number of hydrogen-bond donors (Lipinski definition) is 0. The summed E-state index contributed by atoms with van der Waals surface area (Å²) in [4.78, 5) is 14.9. The van der Waals surface area contributed by atoms with Gasteiger partial charge in [-0.1, -0.05) is 34.1 Å². The molecule has 1 fully saturated rings. The molecule has 0 aliphatic carbocycles. The SMILES string of the molecule is CS(=O)(=O)c1cccc(C(=O)N2CCCC2c2ccc(Br)cc2)c1. The first kappa shape index (κ1) is 17.2. The quantitative estimate of drug-likeness (QED) is 0.776. The number of likely N-dealkylation sites (tertiary alicyclic amines) is 1. The summed E-state index contributed by atoms with van der Waals surface area (Å²) in [7, 11) is -3.33. The van der Waals surface area contributed by atoms with Crippen LogP contribution in [0.5, 0.6) is 0 Å². The molecule has 4 nitrogen and oxygen atoms in total. The van der Waals surface area contributed by atoms with Gasteiger partial charge in [-0.05, 0) is 48.7 Å². The highest BCUT2D eigenvalue weighted by Gasteiger charge is 2.30. The topological polar surface area (TPSA) is 54.5 Å². The molecule has 126 valence electrons. The predicted molar refractivity (Wildman–Crippen MR) is 96.7 cm³/mol. The van der Waals surface area contributed by atoms with Crippen molar-refractivity contribution in [3.05, 3.63) is 64.1 Å². The smallest absolute Gasteiger partial charge is 0.254 e. The molecule has 1 aliphatic rings. The summed E-state index contributed by atoms with van der Waals surface area (Å²) in [5.74, 6) is -0.120. The maximum atomic E-state index is 12.9. The van der Waals surface area contributed by atoms with Crippen molar-refractivity contribution in [3.63, 3.8) is 0 Å². The van der Waals surface area contributed by atoms with E-state index in [1.807, 2.05) is 29.2 Å². The lowest BCUT2D eigenvalue weighted by atomic mass is 10.0. The second kappa shape index (κ2) is 6.69. The Bertz CT molecular complexity index is 862. The molecular weight excluding hydrogens is 390 g/mol. The van der Waals surface area contributed by atoms with E-state index in [1.54, 1.807) is 12.1 Å². The van der Waals surface area contributed by atoms with Crippen molar-refractivity contribution >= 4 is 31.7 Å². The molecule has 2 aromatic rings. The number of sulfone groups is 1. The molecule has 0 spiro atoms. The molecule has 6 heteroatoms. The summed E-state index contributed by atoms with van der Waals surface area (Å²) in [5, 5.41) is 0. The Kier molecular flexibility index (Phi) is 4.78. The first-order valence-electron chi connectivity index (χ1n) is 7.73. The summed E-state index contributed by atoms with van der Waals surface area (Å²) in [6, 6.07) is 14.3. The van der Waals surface area contributed by atoms with Crippen LogP contribution >= 0.6 is 15.9 Å². The number of amides is 1. The number of benzene rings is 2. The standard InChI is InChI=1S/C18H18BrNO3S/c1-24(22,23)16-5-2-4-14(12-16)18(21)20-11-3-6-17(20)13-7-9-15(19)10-8-13/h2,4-5,7-10,12,17H,3,6,11H2,1H3. The third-order valence-electron chi connectivity index (χ3n) is 4.28. The average Bonchev–Trinajstić information content (AvgIpc) is 3.04. The fourth-order valence-electron chi connectivity index (χ4n) is 3.07. The molecule has 1 atom stereocenters. The lowest BCUT2D eigenvalue weighted by molar-refractivity contribution is 0.0735. The summed E-state index contributed by atoms with van der Waals surface area (Å²) >= 11 is 3.42. The fourth-order valence-corrected chi connectivity index (χ4v) is 4.00. The summed E-state index contributed by atoms with van der Waals surface area (Å²) < 4.78 is 24.4. The van der Waals surface area contributed by atoms with Crippen LogP contribution in [0, 0.1) is 0 Å². The Morgan fingerprint density at radius 2 is 1.88 bits per heavy atom. The van der Waals surface area contributed by atoms with E-state index in [2.05, 4.69) is 15.9 Å². The predicted octanol–water partition coefficient (Wildman–Crippen LogP) is 3.83. The Balaban J connectivity index is 1.90. The minimum Gasteiger partial charge on any atom is -0.332 e. The van der Waals surface area contributed by atoms with Crippen LogP contribution in [0.2, 0.25) is 0 Å². The molecule has 0 aromatic heterocycles. The van der Waals surface area contributed by atoms with Crippen molar-refractivity contribution in [2.24, 2.45) is 0 Å². The second-order valence-corrected chi connectivity index (χ2v) is 8.94. The summed E-state index contributed by atoms with van der Waals surface area (Å²) in [5.41, 5.74) is 1.52. The van der Waals surface area contributed by atoms with Gasteiger partial charge in [0, 0.05) is 22.8 Å². The second-order valence-electron chi connectivity index (χ2n) is 6.01. The van der Waals surface area contributed by atoms with E-state index in [4.69, 9.17) is 0 Å². The lowest BCUT2D eigenvalue weighted by Crippen LogP contribution is -2.30. The van der Waals surface area contributed by atoms with Crippen LogP contribution in [0.15, 0.2) is 57.9 Å². The zero-order chi connectivity index (χ0) is 17.3. The van der Waals surface area contributed by atoms with Crippen molar-refractivity contribution in [2.75, 3.05) is 12.8 Å². The molecule has 0 radical (unpaired) electrons. The number of carbonyl (C=O) groups excluding carboxylic acids is 1. The van der Waals surface area contributed by atoms with Gasteiger partial charge >= 0.3 is 0 Å². The molecule has 24 heavy (non-hydrogen) atoms. The highest BCUT2D eigenvalue weighted by atomic mass is 79.9. The molecule has 0 saturated carbocycles. The highest BCUT2D eigenvalue weighted by molar-refractivity contribution is 9.10. The Labute approximate surface area is 150 Å². The molecule has 1 saturated heterocycles. The van der Waals surface area contributed by atoms with Gasteiger partial charge in [-0.15, -0.1) is 0 Å². The Hall–Kier alpha value is -1.66. The molecule has 2 aromatic carbocycles. The van der Waals surface area contributed by atoms with Crippen molar-refractivity contribution < 1.29 is 13.2 Å². The number of rotatable bonds is 3. The molecule has 1 unspecified atom stereocenters. The van der Waals surface area contributed by atoms with E-state index in [0.29, 0.717) is 12.1 Å². The van der Waals surface area contributed by atoms with Gasteiger partial charge in [-0.2, -0.15) is 0 Å². The van der Waals surface area contributed by atoms with Gasteiger partial charge in [0.2, 0.25) is 0 Å². The number of nitrogens with zero attached hydrogens (tertiary/aromatic N) is 1. The molecular formula is C18H18BrNO3S. The molecule has 0 N–H and O–H groups in total. The van der Waals surface area contributed by atoms with Crippen molar-refractivity contribution in [1.29, 1.82) is 0 Å². The van der Waals surface area contributed by atoms with Crippen molar-refractivity contribution in [1.82, 2.24) is 4.90 Å². The van der Waals surface area contributed by atoms with Gasteiger partial charge in [-0.25, -0.2) is 8.42 Å². The van der Waals surface area contributed by atoms with Crippen LogP contribution in [0.4, 0.5) is 0 Å². The van der Waals surface area contributed by atoms with Crippen LogP contribution in [-0.2, 0) is 9.84 Å². The average molecular weight is 408 g/mol. The van der Waals surface area contributed by atoms with Gasteiger partial charge < -0.3 is 4.90 Å². The van der Waals surface area contributed by atoms with E-state index in [-0.39, 0.29) is 16.8 Å². The molecule has 1 heterocycles. The third kappa shape index (κ3) is 3.54. The summed E-state index contributed by atoms with van der Waals surface area (Å²) in [6.07, 6.45) is 3.01. The van der Waals surface area contributed by atoms with Gasteiger partial charge in [-0.3, -0.25) is 4.79 Å². The minimum atomic E-state index is -3.33. The third-order valence-corrected chi connectivity index (χ3v) is 5.92. The Morgan fingerprint density at radius 1 is 1.17 bits per heavy atom. The van der Waals surface area contributed by atoms with Gasteiger partial charge in [0.15, 0.2) is 9.84 Å². The maximum Gasteiger partial charge on any atom is 0.254 e. The molecule has 3 rings (SSSR count). The van der Waals surface area contributed by atoms with Crippen molar-refractivity contribution in [2.45, 2.75) is 23.8 Å². The maximum absolute atomic E-state index is 12.9. The number of halogens is 1. The number of carbonyl (C=O) groups is 1. The van der Waals surface area contributed by atoms with Gasteiger partial charge in [0.05, 0.1) is 10.9 Å². The monoisotopic (exact) mass is 407 g/mol. The van der Waals surface area contributed by atoms with E-state index in [0.717, 1.165) is 29.1 Å². The van der Waals surface area contributed by atoms with E-state index in [9.17, 15) is 13.2 Å². The normalized spacial score (nSPS) is 17.9. The zero-order valence-electron chi connectivity index (χ0n) is 13.3. The Morgan fingerprint density at radius 3 is 2.54 bits per heavy atom. The zero-order valence-corrected chi connectivity index (χ0v) is 15.7. The molecule has 1 aliphatic heterocycles. The lowest BCUT2D eigenvalue weighted by Gasteiger charge is -2.25. The van der Waals surface area contributed by atoms with Gasteiger partial charge in [0.1, 0.15) is 0 Å². The fraction of sp³-hybridized carbons (Fsp3) is 0.278. The van der Waals surface area contributed by atoms with Crippen molar-refractivity contribution in [3.8, 4) is 0 Å². The van der Waals surface area contributed by atoms with E-state index >= 15 is 0 Å². The first-order chi connectivity index (χ1) is 11.4. The first-order valence-corrected chi connectivity index (χ1v) is 10.4. The van der Waals surface area contributed by atoms with Crippen LogP contribution in [-0.4, -0.2) is 32.0 Å². The summed E-state index contributed by atoms with van der Waals surface area (Å²) in [6.45, 7) is 0.683. The van der Waals surface area contributed by atoms with Crippen LogP contribution in [0.1, 0.15) is 34.8 Å². The largest absolute Gasteiger partial charge is 0.332 e. The van der Waals surface area contributed by atoms with Crippen LogP contribution < -0.4 is 0 Å².